The van der Waals surface area contributed by atoms with Crippen LogP contribution in [-0.4, -0.2) is 43.2 Å². The highest BCUT2D eigenvalue weighted by molar-refractivity contribution is 5.96. The van der Waals surface area contributed by atoms with Crippen LogP contribution in [0.5, 0.6) is 5.75 Å². The molecule has 1 rings (SSSR count). The minimum absolute atomic E-state index is 0.111. The summed E-state index contributed by atoms with van der Waals surface area (Å²) in [4.78, 5) is 33.6. The van der Waals surface area contributed by atoms with Gasteiger partial charge in [0.1, 0.15) is 12.4 Å². The number of amides is 1. The lowest BCUT2D eigenvalue weighted by Crippen LogP contribution is -2.31. The second-order valence-corrected chi connectivity index (χ2v) is 4.40. The second-order valence-electron chi connectivity index (χ2n) is 4.40. The maximum Gasteiger partial charge on any atom is 0.332 e. The van der Waals surface area contributed by atoms with E-state index in [9.17, 15) is 19.7 Å². The van der Waals surface area contributed by atoms with Crippen LogP contribution in [0.4, 0.5) is 11.4 Å². The van der Waals surface area contributed by atoms with Crippen LogP contribution < -0.4 is 10.1 Å². The van der Waals surface area contributed by atoms with Crippen molar-refractivity contribution in [3.05, 3.63) is 28.3 Å². The Morgan fingerprint density at radius 3 is 2.65 bits per heavy atom. The van der Waals surface area contributed by atoms with Gasteiger partial charge in [-0.1, -0.05) is 0 Å². The SMILES string of the molecule is CCOCC(=O)O[C@@H](C)C(=O)Nc1cc([N+](=O)[O-])ccc1OC. The van der Waals surface area contributed by atoms with E-state index in [4.69, 9.17) is 14.2 Å². The zero-order valence-electron chi connectivity index (χ0n) is 13.0. The highest BCUT2D eigenvalue weighted by Gasteiger charge is 2.20. The highest BCUT2D eigenvalue weighted by atomic mass is 16.6. The van der Waals surface area contributed by atoms with E-state index in [2.05, 4.69) is 5.32 Å². The van der Waals surface area contributed by atoms with Gasteiger partial charge in [0.15, 0.2) is 6.10 Å². The van der Waals surface area contributed by atoms with Crippen molar-refractivity contribution in [1.82, 2.24) is 0 Å². The lowest BCUT2D eigenvalue weighted by molar-refractivity contribution is -0.384. The minimum Gasteiger partial charge on any atom is -0.495 e. The molecule has 0 saturated carbocycles. The summed E-state index contributed by atoms with van der Waals surface area (Å²) in [6.07, 6.45) is -1.09. The molecule has 1 atom stereocenters. The fourth-order valence-corrected chi connectivity index (χ4v) is 1.61. The number of nitro benzene ring substituents is 1. The molecule has 0 aromatic heterocycles. The molecule has 0 aliphatic carbocycles. The normalized spacial score (nSPS) is 11.4. The Balaban J connectivity index is 2.77. The van der Waals surface area contributed by atoms with E-state index in [1.54, 1.807) is 6.92 Å². The zero-order chi connectivity index (χ0) is 17.4. The molecule has 9 heteroatoms. The third-order valence-electron chi connectivity index (χ3n) is 2.75. The molecular weight excluding hydrogens is 308 g/mol. The largest absolute Gasteiger partial charge is 0.495 e. The fraction of sp³-hybridized carbons (Fsp3) is 0.429. The van der Waals surface area contributed by atoms with Gasteiger partial charge in [0, 0.05) is 18.7 Å². The van der Waals surface area contributed by atoms with Gasteiger partial charge < -0.3 is 19.5 Å². The molecular formula is C14H18N2O7. The number of nitro groups is 1. The van der Waals surface area contributed by atoms with Crippen molar-refractivity contribution >= 4 is 23.3 Å². The van der Waals surface area contributed by atoms with Crippen molar-refractivity contribution in [2.45, 2.75) is 20.0 Å². The average Bonchev–Trinajstić information content (AvgIpc) is 2.52. The zero-order valence-corrected chi connectivity index (χ0v) is 13.0. The van der Waals surface area contributed by atoms with Gasteiger partial charge in [-0.3, -0.25) is 14.9 Å². The van der Waals surface area contributed by atoms with E-state index in [1.165, 1.54) is 26.2 Å². The van der Waals surface area contributed by atoms with Crippen LogP contribution in [0.25, 0.3) is 0 Å². The number of hydrogen-bond acceptors (Lipinski definition) is 7. The van der Waals surface area contributed by atoms with Crippen molar-refractivity contribution in [1.29, 1.82) is 0 Å². The third-order valence-corrected chi connectivity index (χ3v) is 2.75. The standard InChI is InChI=1S/C14H18N2O7/c1-4-22-8-13(17)23-9(2)14(18)15-11-7-10(16(19)20)5-6-12(11)21-3/h5-7,9H,4,8H2,1-3H3,(H,15,18)/t9-/m0/s1. The summed E-state index contributed by atoms with van der Waals surface area (Å²) in [6, 6.07) is 3.77. The predicted octanol–water partition coefficient (Wildman–Crippen LogP) is 1.51. The van der Waals surface area contributed by atoms with Crippen molar-refractivity contribution in [3.8, 4) is 5.75 Å². The molecule has 1 aromatic carbocycles. The van der Waals surface area contributed by atoms with E-state index in [1.807, 2.05) is 0 Å². The second kappa shape index (κ2) is 8.69. The van der Waals surface area contributed by atoms with Gasteiger partial charge in [0.25, 0.3) is 11.6 Å². The molecule has 126 valence electrons. The molecule has 1 amide bonds. The van der Waals surface area contributed by atoms with Gasteiger partial charge in [0.05, 0.1) is 17.7 Å². The molecule has 0 radical (unpaired) electrons. The Morgan fingerprint density at radius 1 is 1.39 bits per heavy atom. The maximum atomic E-state index is 12.0. The molecule has 0 unspecified atom stereocenters. The van der Waals surface area contributed by atoms with Crippen molar-refractivity contribution in [3.63, 3.8) is 0 Å². The van der Waals surface area contributed by atoms with Gasteiger partial charge in [-0.15, -0.1) is 0 Å². The Labute approximate surface area is 132 Å². The fourth-order valence-electron chi connectivity index (χ4n) is 1.61. The van der Waals surface area contributed by atoms with Gasteiger partial charge in [-0.2, -0.15) is 0 Å². The quantitative estimate of drug-likeness (QED) is 0.437. The summed E-state index contributed by atoms with van der Waals surface area (Å²) < 4.78 is 14.8. The first-order valence-corrected chi connectivity index (χ1v) is 6.79. The number of hydrogen-bond donors (Lipinski definition) is 1. The van der Waals surface area contributed by atoms with Crippen LogP contribution >= 0.6 is 0 Å². The van der Waals surface area contributed by atoms with Crippen LogP contribution in [0.3, 0.4) is 0 Å². The summed E-state index contributed by atoms with van der Waals surface area (Å²) in [6.45, 7) is 3.19. The molecule has 0 heterocycles. The van der Waals surface area contributed by atoms with Gasteiger partial charge >= 0.3 is 5.97 Å². The molecule has 0 bridgehead atoms. The number of anilines is 1. The van der Waals surface area contributed by atoms with E-state index in [0.717, 1.165) is 6.07 Å². The van der Waals surface area contributed by atoms with Crippen molar-refractivity contribution in [2.24, 2.45) is 0 Å². The molecule has 0 spiro atoms. The molecule has 0 aliphatic heterocycles. The van der Waals surface area contributed by atoms with Crippen LogP contribution in [0.1, 0.15) is 13.8 Å². The third kappa shape index (κ3) is 5.55. The Kier molecular flexibility index (Phi) is 6.94. The van der Waals surface area contributed by atoms with E-state index < -0.39 is 22.9 Å². The first kappa shape index (κ1) is 18.4. The molecule has 0 fully saturated rings. The van der Waals surface area contributed by atoms with Crippen molar-refractivity contribution in [2.75, 3.05) is 25.6 Å². The molecule has 1 aromatic rings. The summed E-state index contributed by atoms with van der Waals surface area (Å²) in [5.41, 5.74) is -0.0958. The summed E-state index contributed by atoms with van der Waals surface area (Å²) >= 11 is 0. The molecule has 9 nitrogen and oxygen atoms in total. The summed E-state index contributed by atoms with van der Waals surface area (Å²) in [7, 11) is 1.36. The summed E-state index contributed by atoms with van der Waals surface area (Å²) in [5, 5.41) is 13.2. The average molecular weight is 326 g/mol. The lowest BCUT2D eigenvalue weighted by atomic mass is 10.2. The van der Waals surface area contributed by atoms with E-state index >= 15 is 0 Å². The molecule has 1 N–H and O–H groups in total. The number of esters is 1. The highest BCUT2D eigenvalue weighted by Crippen LogP contribution is 2.29. The van der Waals surface area contributed by atoms with Crippen molar-refractivity contribution < 1.29 is 28.7 Å². The number of benzene rings is 1. The van der Waals surface area contributed by atoms with Crippen LogP contribution in [0.15, 0.2) is 18.2 Å². The topological polar surface area (TPSA) is 117 Å². The van der Waals surface area contributed by atoms with Crippen LogP contribution in [0, 0.1) is 10.1 Å². The predicted molar refractivity (Wildman–Crippen MR) is 80.3 cm³/mol. The Morgan fingerprint density at radius 2 is 2.09 bits per heavy atom. The Bertz CT molecular complexity index is 588. The van der Waals surface area contributed by atoms with E-state index in [0.29, 0.717) is 6.61 Å². The first-order chi connectivity index (χ1) is 10.9. The van der Waals surface area contributed by atoms with Gasteiger partial charge in [-0.05, 0) is 19.9 Å². The molecule has 0 aliphatic rings. The summed E-state index contributed by atoms with van der Waals surface area (Å²) in [5.74, 6) is -1.08. The number of nitrogens with zero attached hydrogens (tertiary/aromatic N) is 1. The molecule has 23 heavy (non-hydrogen) atoms. The number of carbonyl (C=O) groups is 2. The van der Waals surface area contributed by atoms with Gasteiger partial charge in [0.2, 0.25) is 0 Å². The number of non-ortho nitro benzene ring substituents is 1. The van der Waals surface area contributed by atoms with Gasteiger partial charge in [-0.25, -0.2) is 4.79 Å². The van der Waals surface area contributed by atoms with E-state index in [-0.39, 0.29) is 23.7 Å². The lowest BCUT2D eigenvalue weighted by Gasteiger charge is -2.15. The monoisotopic (exact) mass is 326 g/mol. The first-order valence-electron chi connectivity index (χ1n) is 6.79. The number of carbonyl (C=O) groups excluding carboxylic acids is 2. The minimum atomic E-state index is -1.09. The number of nitrogens with one attached hydrogen (secondary N) is 1. The number of ether oxygens (including phenoxy) is 3. The van der Waals surface area contributed by atoms with Crippen LogP contribution in [-0.2, 0) is 19.1 Å². The maximum absolute atomic E-state index is 12.0. The van der Waals surface area contributed by atoms with Crippen LogP contribution in [0.2, 0.25) is 0 Å². The Hall–Kier alpha value is -2.68. The smallest absolute Gasteiger partial charge is 0.332 e. The number of rotatable bonds is 8. The molecule has 0 saturated heterocycles. The number of methoxy groups -OCH3 is 1.